The molecule has 0 aliphatic heterocycles. The van der Waals surface area contributed by atoms with E-state index in [-0.39, 0.29) is 0 Å². The van der Waals surface area contributed by atoms with E-state index >= 15 is 0 Å². The first kappa shape index (κ1) is 10.7. The summed E-state index contributed by atoms with van der Waals surface area (Å²) in [6.45, 7) is 3.18. The molecule has 0 saturated carbocycles. The summed E-state index contributed by atoms with van der Waals surface area (Å²) in [6, 6.07) is 5.92. The number of nitrogens with two attached hydrogens (primary N) is 1. The van der Waals surface area contributed by atoms with Gasteiger partial charge in [-0.1, -0.05) is 13.3 Å². The van der Waals surface area contributed by atoms with E-state index in [0.29, 0.717) is 0 Å². The van der Waals surface area contributed by atoms with Crippen LogP contribution in [0, 0.1) is 0 Å². The number of nitrogens with zero attached hydrogens (tertiary/aromatic N) is 1. The molecule has 0 fully saturated rings. The van der Waals surface area contributed by atoms with Crippen LogP contribution in [0.1, 0.15) is 19.8 Å². The fourth-order valence-electron chi connectivity index (χ4n) is 1.77. The Morgan fingerprint density at radius 1 is 1.25 bits per heavy atom. The van der Waals surface area contributed by atoms with Crippen LogP contribution in [-0.4, -0.2) is 11.5 Å². The van der Waals surface area contributed by atoms with Crippen LogP contribution in [0.3, 0.4) is 0 Å². The summed E-state index contributed by atoms with van der Waals surface area (Å²) in [6.07, 6.45) is 6.00. The van der Waals surface area contributed by atoms with Crippen molar-refractivity contribution in [2.45, 2.75) is 19.8 Å². The largest absolute Gasteiger partial charge is 0.398 e. The van der Waals surface area contributed by atoms with Gasteiger partial charge in [-0.05, 0) is 24.6 Å². The molecule has 1 aromatic heterocycles. The van der Waals surface area contributed by atoms with Crippen molar-refractivity contribution in [2.75, 3.05) is 17.6 Å². The minimum atomic E-state index is 0.804. The predicted octanol–water partition coefficient (Wildman–Crippen LogP) is 3.03. The van der Waals surface area contributed by atoms with Gasteiger partial charge < -0.3 is 11.1 Å². The van der Waals surface area contributed by atoms with E-state index < -0.39 is 0 Å². The Kier molecular flexibility index (Phi) is 3.25. The molecule has 2 rings (SSSR count). The Morgan fingerprint density at radius 3 is 2.94 bits per heavy atom. The normalized spacial score (nSPS) is 10.6. The second kappa shape index (κ2) is 4.84. The Hall–Kier alpha value is -1.77. The first-order chi connectivity index (χ1) is 7.83. The summed E-state index contributed by atoms with van der Waals surface area (Å²) in [5.41, 5.74) is 7.84. The molecule has 0 spiro atoms. The number of unbranched alkanes of at least 4 members (excludes halogenated alkanes) is 1. The van der Waals surface area contributed by atoms with Crippen LogP contribution in [0.4, 0.5) is 11.4 Å². The fraction of sp³-hybridized carbons (Fsp3) is 0.308. The summed E-state index contributed by atoms with van der Waals surface area (Å²) in [4.78, 5) is 4.15. The highest BCUT2D eigenvalue weighted by Gasteiger charge is 2.02. The Balaban J connectivity index is 2.35. The Labute approximate surface area is 95.7 Å². The third-order valence-corrected chi connectivity index (χ3v) is 2.70. The second-order valence-electron chi connectivity index (χ2n) is 3.90. The molecule has 0 amide bonds. The number of nitrogen functional groups attached to an aromatic ring is 1. The topological polar surface area (TPSA) is 50.9 Å². The van der Waals surface area contributed by atoms with Crippen LogP contribution in [0.2, 0.25) is 0 Å². The first-order valence-corrected chi connectivity index (χ1v) is 5.69. The van der Waals surface area contributed by atoms with Crippen molar-refractivity contribution in [2.24, 2.45) is 0 Å². The number of rotatable bonds is 4. The van der Waals surface area contributed by atoms with Crippen LogP contribution < -0.4 is 11.1 Å². The van der Waals surface area contributed by atoms with Crippen molar-refractivity contribution in [1.82, 2.24) is 4.98 Å². The van der Waals surface area contributed by atoms with E-state index in [1.165, 1.54) is 12.8 Å². The third kappa shape index (κ3) is 2.08. The standard InChI is InChI=1S/C13H17N3/c1-2-3-7-16-13-5-4-12(14)10-6-8-15-9-11(10)13/h4-6,8-9,16H,2-3,7,14H2,1H3. The molecule has 84 valence electrons. The molecule has 0 atom stereocenters. The zero-order chi connectivity index (χ0) is 11.4. The van der Waals surface area contributed by atoms with Crippen molar-refractivity contribution in [3.8, 4) is 0 Å². The van der Waals surface area contributed by atoms with Gasteiger partial charge in [0.15, 0.2) is 0 Å². The Morgan fingerprint density at radius 2 is 2.12 bits per heavy atom. The zero-order valence-corrected chi connectivity index (χ0v) is 9.53. The van der Waals surface area contributed by atoms with Gasteiger partial charge in [-0.15, -0.1) is 0 Å². The lowest BCUT2D eigenvalue weighted by molar-refractivity contribution is 0.835. The van der Waals surface area contributed by atoms with Crippen molar-refractivity contribution in [3.63, 3.8) is 0 Å². The molecule has 1 heterocycles. The van der Waals surface area contributed by atoms with E-state index in [4.69, 9.17) is 5.73 Å². The van der Waals surface area contributed by atoms with E-state index in [2.05, 4.69) is 17.2 Å². The molecule has 0 aliphatic carbocycles. The van der Waals surface area contributed by atoms with Crippen LogP contribution in [-0.2, 0) is 0 Å². The highest BCUT2D eigenvalue weighted by Crippen LogP contribution is 2.27. The van der Waals surface area contributed by atoms with E-state index in [1.54, 1.807) is 6.20 Å². The molecular formula is C13H17N3. The van der Waals surface area contributed by atoms with Gasteiger partial charge in [0.2, 0.25) is 0 Å². The molecule has 0 radical (unpaired) electrons. The number of benzene rings is 1. The predicted molar refractivity (Wildman–Crippen MR) is 69.6 cm³/mol. The van der Waals surface area contributed by atoms with Gasteiger partial charge in [-0.3, -0.25) is 4.98 Å². The number of nitrogens with one attached hydrogen (secondary N) is 1. The summed E-state index contributed by atoms with van der Waals surface area (Å²) in [5, 5.41) is 5.58. The summed E-state index contributed by atoms with van der Waals surface area (Å²) in [7, 11) is 0. The highest BCUT2D eigenvalue weighted by atomic mass is 14.9. The third-order valence-electron chi connectivity index (χ3n) is 2.70. The van der Waals surface area contributed by atoms with Gasteiger partial charge in [0.1, 0.15) is 0 Å². The SMILES string of the molecule is CCCCNc1ccc(N)c2ccncc12. The van der Waals surface area contributed by atoms with Gasteiger partial charge in [0.05, 0.1) is 0 Å². The monoisotopic (exact) mass is 215 g/mol. The van der Waals surface area contributed by atoms with Crippen molar-refractivity contribution >= 4 is 22.1 Å². The number of hydrogen-bond donors (Lipinski definition) is 2. The first-order valence-electron chi connectivity index (χ1n) is 5.69. The lowest BCUT2D eigenvalue weighted by Gasteiger charge is -2.10. The van der Waals surface area contributed by atoms with Crippen molar-refractivity contribution in [1.29, 1.82) is 0 Å². The van der Waals surface area contributed by atoms with Gasteiger partial charge in [0, 0.05) is 41.1 Å². The molecule has 0 saturated heterocycles. The zero-order valence-electron chi connectivity index (χ0n) is 9.53. The van der Waals surface area contributed by atoms with Gasteiger partial charge in [0.25, 0.3) is 0 Å². The summed E-state index contributed by atoms with van der Waals surface area (Å²) >= 11 is 0. The minimum absolute atomic E-state index is 0.804. The Bertz CT molecular complexity index is 480. The average Bonchev–Trinajstić information content (AvgIpc) is 2.33. The lowest BCUT2D eigenvalue weighted by atomic mass is 10.1. The maximum Gasteiger partial charge on any atom is 0.0437 e. The van der Waals surface area contributed by atoms with Crippen LogP contribution in [0.25, 0.3) is 10.8 Å². The minimum Gasteiger partial charge on any atom is -0.398 e. The lowest BCUT2D eigenvalue weighted by Crippen LogP contribution is -2.02. The number of hydrogen-bond acceptors (Lipinski definition) is 3. The fourth-order valence-corrected chi connectivity index (χ4v) is 1.77. The molecular weight excluding hydrogens is 198 g/mol. The highest BCUT2D eigenvalue weighted by molar-refractivity contribution is 6.00. The van der Waals surface area contributed by atoms with Gasteiger partial charge in [-0.2, -0.15) is 0 Å². The molecule has 2 aromatic rings. The maximum atomic E-state index is 5.92. The number of anilines is 2. The molecule has 16 heavy (non-hydrogen) atoms. The van der Waals surface area contributed by atoms with E-state index in [0.717, 1.165) is 28.7 Å². The van der Waals surface area contributed by atoms with Gasteiger partial charge >= 0.3 is 0 Å². The van der Waals surface area contributed by atoms with Crippen LogP contribution >= 0.6 is 0 Å². The summed E-state index contributed by atoms with van der Waals surface area (Å²) in [5.74, 6) is 0. The molecule has 3 N–H and O–H groups in total. The van der Waals surface area contributed by atoms with Crippen LogP contribution in [0.15, 0.2) is 30.6 Å². The van der Waals surface area contributed by atoms with E-state index in [1.807, 2.05) is 24.4 Å². The quantitative estimate of drug-likeness (QED) is 0.609. The smallest absolute Gasteiger partial charge is 0.0437 e. The van der Waals surface area contributed by atoms with Crippen molar-refractivity contribution in [3.05, 3.63) is 30.6 Å². The van der Waals surface area contributed by atoms with E-state index in [9.17, 15) is 0 Å². The molecule has 3 nitrogen and oxygen atoms in total. The molecule has 0 unspecified atom stereocenters. The maximum absolute atomic E-state index is 5.92. The average molecular weight is 215 g/mol. The molecule has 1 aromatic carbocycles. The number of pyridine rings is 1. The summed E-state index contributed by atoms with van der Waals surface area (Å²) < 4.78 is 0. The van der Waals surface area contributed by atoms with Crippen molar-refractivity contribution < 1.29 is 0 Å². The second-order valence-corrected chi connectivity index (χ2v) is 3.90. The van der Waals surface area contributed by atoms with Crippen LogP contribution in [0.5, 0.6) is 0 Å². The molecule has 3 heteroatoms. The van der Waals surface area contributed by atoms with Gasteiger partial charge in [-0.25, -0.2) is 0 Å². The molecule has 0 bridgehead atoms. The number of aromatic nitrogens is 1. The molecule has 0 aliphatic rings. The number of fused-ring (bicyclic) bond motifs is 1.